The molecule has 0 saturated carbocycles. The standard InChI is InChI=1S/C5H13O3P/c1-3-8-5(2)4-9(6)7/h5,9H,3-4H2,1-2H3,(H,6,7). The Hall–Kier alpha value is 0.150. The van der Waals surface area contributed by atoms with Gasteiger partial charge in [-0.25, -0.2) is 0 Å². The first kappa shape index (κ1) is 9.15. The van der Waals surface area contributed by atoms with E-state index in [1.54, 1.807) is 6.92 Å². The predicted molar refractivity (Wildman–Crippen MR) is 37.2 cm³/mol. The third-order valence-electron chi connectivity index (χ3n) is 0.913. The summed E-state index contributed by atoms with van der Waals surface area (Å²) in [6.45, 7) is 4.27. The highest BCUT2D eigenvalue weighted by Crippen LogP contribution is 2.15. The lowest BCUT2D eigenvalue weighted by molar-refractivity contribution is 0.0911. The lowest BCUT2D eigenvalue weighted by Gasteiger charge is -2.07. The average Bonchev–Trinajstić information content (AvgIpc) is 1.63. The molecule has 0 radical (unpaired) electrons. The van der Waals surface area contributed by atoms with Crippen LogP contribution in [0.4, 0.5) is 0 Å². The van der Waals surface area contributed by atoms with Crippen LogP contribution in [0.3, 0.4) is 0 Å². The van der Waals surface area contributed by atoms with Gasteiger partial charge < -0.3 is 9.63 Å². The Morgan fingerprint density at radius 2 is 2.33 bits per heavy atom. The van der Waals surface area contributed by atoms with Crippen LogP contribution in [0.25, 0.3) is 0 Å². The van der Waals surface area contributed by atoms with E-state index in [0.29, 0.717) is 6.61 Å². The van der Waals surface area contributed by atoms with Gasteiger partial charge in [0.25, 0.3) is 0 Å². The summed E-state index contributed by atoms with van der Waals surface area (Å²) in [5.74, 6) is 0. The molecule has 0 aromatic heterocycles. The molecule has 0 aliphatic carbocycles. The minimum atomic E-state index is -2.33. The molecule has 0 fully saturated rings. The van der Waals surface area contributed by atoms with Crippen molar-refractivity contribution in [3.63, 3.8) is 0 Å². The van der Waals surface area contributed by atoms with Gasteiger partial charge in [-0.05, 0) is 13.8 Å². The van der Waals surface area contributed by atoms with Gasteiger partial charge in [-0.1, -0.05) is 0 Å². The monoisotopic (exact) mass is 152 g/mol. The third kappa shape index (κ3) is 6.03. The Bertz CT molecular complexity index is 94.2. The quantitative estimate of drug-likeness (QED) is 0.608. The summed E-state index contributed by atoms with van der Waals surface area (Å²) in [4.78, 5) is 8.42. The highest BCUT2D eigenvalue weighted by atomic mass is 31.1. The fourth-order valence-electron chi connectivity index (χ4n) is 0.589. The normalized spacial score (nSPS) is 17.2. The second kappa shape index (κ2) is 4.98. The molecule has 0 spiro atoms. The highest BCUT2D eigenvalue weighted by molar-refractivity contribution is 7.38. The van der Waals surface area contributed by atoms with E-state index in [0.717, 1.165) is 0 Å². The zero-order chi connectivity index (χ0) is 7.28. The molecule has 0 rings (SSSR count). The Labute approximate surface area is 55.9 Å². The zero-order valence-electron chi connectivity index (χ0n) is 5.76. The van der Waals surface area contributed by atoms with E-state index < -0.39 is 8.03 Å². The van der Waals surface area contributed by atoms with Crippen LogP contribution in [0.1, 0.15) is 13.8 Å². The van der Waals surface area contributed by atoms with Crippen LogP contribution in [0, 0.1) is 0 Å². The lowest BCUT2D eigenvalue weighted by atomic mass is 10.5. The van der Waals surface area contributed by atoms with Gasteiger partial charge in [0.05, 0.1) is 6.10 Å². The van der Waals surface area contributed by atoms with Gasteiger partial charge >= 0.3 is 0 Å². The van der Waals surface area contributed by atoms with Gasteiger partial charge in [0, 0.05) is 12.8 Å². The maximum Gasteiger partial charge on any atom is 0.191 e. The molecule has 0 aromatic rings. The molecule has 1 N–H and O–H groups in total. The maximum absolute atomic E-state index is 10.2. The molecule has 2 unspecified atom stereocenters. The van der Waals surface area contributed by atoms with Gasteiger partial charge in [0.15, 0.2) is 8.03 Å². The van der Waals surface area contributed by atoms with E-state index >= 15 is 0 Å². The molecule has 0 bridgehead atoms. The van der Waals surface area contributed by atoms with Crippen molar-refractivity contribution >= 4 is 8.03 Å². The smallest absolute Gasteiger partial charge is 0.191 e. The van der Waals surface area contributed by atoms with Crippen molar-refractivity contribution in [1.82, 2.24) is 0 Å². The van der Waals surface area contributed by atoms with Crippen LogP contribution in [0.2, 0.25) is 0 Å². The van der Waals surface area contributed by atoms with Crippen molar-refractivity contribution in [2.45, 2.75) is 20.0 Å². The molecule has 0 aliphatic rings. The Kier molecular flexibility index (Phi) is 5.06. The third-order valence-corrected chi connectivity index (χ3v) is 1.84. The number of rotatable bonds is 4. The van der Waals surface area contributed by atoms with Gasteiger partial charge in [-0.15, -0.1) is 0 Å². The molecule has 0 amide bonds. The van der Waals surface area contributed by atoms with Crippen molar-refractivity contribution in [1.29, 1.82) is 0 Å². The van der Waals surface area contributed by atoms with E-state index in [9.17, 15) is 4.57 Å². The minimum absolute atomic E-state index is 0.0774. The second-order valence-corrected chi connectivity index (χ2v) is 3.06. The van der Waals surface area contributed by atoms with Gasteiger partial charge in [0.2, 0.25) is 0 Å². The highest BCUT2D eigenvalue weighted by Gasteiger charge is 2.02. The minimum Gasteiger partial charge on any atom is -0.378 e. The van der Waals surface area contributed by atoms with Crippen molar-refractivity contribution in [2.24, 2.45) is 0 Å². The first-order valence-corrected chi connectivity index (χ1v) is 4.56. The van der Waals surface area contributed by atoms with Gasteiger partial charge in [-0.3, -0.25) is 4.57 Å². The molecular formula is C5H13O3P. The summed E-state index contributed by atoms with van der Waals surface area (Å²) >= 11 is 0. The molecule has 9 heavy (non-hydrogen) atoms. The fraction of sp³-hybridized carbons (Fsp3) is 1.00. The first-order valence-electron chi connectivity index (χ1n) is 3.00. The second-order valence-electron chi connectivity index (χ2n) is 1.86. The molecule has 0 aliphatic heterocycles. The Morgan fingerprint density at radius 3 is 2.67 bits per heavy atom. The van der Waals surface area contributed by atoms with E-state index in [2.05, 4.69) is 0 Å². The first-order chi connectivity index (χ1) is 4.16. The van der Waals surface area contributed by atoms with Gasteiger partial charge in [-0.2, -0.15) is 0 Å². The molecule has 4 heteroatoms. The largest absolute Gasteiger partial charge is 0.378 e. The number of ether oxygens (including phenoxy) is 1. The van der Waals surface area contributed by atoms with Crippen molar-refractivity contribution < 1.29 is 14.2 Å². The van der Waals surface area contributed by atoms with E-state index in [-0.39, 0.29) is 12.3 Å². The lowest BCUT2D eigenvalue weighted by Crippen LogP contribution is -2.10. The SMILES string of the molecule is CCOC(C)C[PH](=O)O. The molecule has 0 aromatic carbocycles. The predicted octanol–water partition coefficient (Wildman–Crippen LogP) is 0.878. The van der Waals surface area contributed by atoms with Crippen LogP contribution in [0.15, 0.2) is 0 Å². The van der Waals surface area contributed by atoms with Crippen LogP contribution in [0.5, 0.6) is 0 Å². The van der Waals surface area contributed by atoms with E-state index in [1.807, 2.05) is 6.92 Å². The maximum atomic E-state index is 10.2. The summed E-state index contributed by atoms with van der Waals surface area (Å²) in [6, 6.07) is 0. The molecule has 56 valence electrons. The zero-order valence-corrected chi connectivity index (χ0v) is 6.76. The summed E-state index contributed by atoms with van der Waals surface area (Å²) in [6.07, 6.45) is 0.199. The van der Waals surface area contributed by atoms with E-state index in [1.165, 1.54) is 0 Å². The van der Waals surface area contributed by atoms with E-state index in [4.69, 9.17) is 9.63 Å². The average molecular weight is 152 g/mol. The van der Waals surface area contributed by atoms with Crippen LogP contribution < -0.4 is 0 Å². The van der Waals surface area contributed by atoms with Crippen molar-refractivity contribution in [3.05, 3.63) is 0 Å². The molecular weight excluding hydrogens is 139 g/mol. The molecule has 3 nitrogen and oxygen atoms in total. The Morgan fingerprint density at radius 1 is 1.78 bits per heavy atom. The molecule has 0 saturated heterocycles. The van der Waals surface area contributed by atoms with Crippen molar-refractivity contribution in [2.75, 3.05) is 12.8 Å². The fourth-order valence-corrected chi connectivity index (χ4v) is 1.20. The number of hydrogen-bond donors (Lipinski definition) is 1. The summed E-state index contributed by atoms with van der Waals surface area (Å²) < 4.78 is 15.2. The van der Waals surface area contributed by atoms with Crippen LogP contribution in [-0.4, -0.2) is 23.8 Å². The Balaban J connectivity index is 3.26. The summed E-state index contributed by atoms with van der Waals surface area (Å²) in [5, 5.41) is 0. The van der Waals surface area contributed by atoms with Gasteiger partial charge in [0.1, 0.15) is 0 Å². The molecule has 0 heterocycles. The topological polar surface area (TPSA) is 46.5 Å². The van der Waals surface area contributed by atoms with Crippen LogP contribution in [-0.2, 0) is 9.30 Å². The number of hydrogen-bond acceptors (Lipinski definition) is 2. The molecule has 2 atom stereocenters. The summed E-state index contributed by atoms with van der Waals surface area (Å²) in [7, 11) is -2.33. The van der Waals surface area contributed by atoms with Crippen LogP contribution >= 0.6 is 8.03 Å². The van der Waals surface area contributed by atoms with Crippen molar-refractivity contribution in [3.8, 4) is 0 Å². The summed E-state index contributed by atoms with van der Waals surface area (Å²) in [5.41, 5.74) is 0.